The van der Waals surface area contributed by atoms with Gasteiger partial charge in [0.2, 0.25) is 11.8 Å². The average Bonchev–Trinajstić information content (AvgIpc) is 3.40. The molecule has 172 valence electrons. The molecule has 0 atom stereocenters. The molecule has 4 saturated carbocycles. The lowest BCUT2D eigenvalue weighted by Crippen LogP contribution is -2.59. The normalized spacial score (nSPS) is 29.5. The fourth-order valence-electron chi connectivity index (χ4n) is 7.57. The highest BCUT2D eigenvalue weighted by atomic mass is 16.2. The van der Waals surface area contributed by atoms with Gasteiger partial charge in [0.05, 0.1) is 22.2 Å². The van der Waals surface area contributed by atoms with Crippen molar-refractivity contribution in [1.29, 1.82) is 0 Å². The highest BCUT2D eigenvalue weighted by Crippen LogP contribution is 2.65. The van der Waals surface area contributed by atoms with Gasteiger partial charge in [0.1, 0.15) is 0 Å². The molecule has 0 radical (unpaired) electrons. The Morgan fingerprint density at radius 2 is 1.21 bits per heavy atom. The van der Waals surface area contributed by atoms with Crippen molar-refractivity contribution in [3.8, 4) is 0 Å². The SMILES string of the molecule is O=C(Nc1cc2ccccn2c1)C12CC3CC(C1)CC(C(=O)Nc1cc4ccccn4c1)(C3)C2. The number of hydrogen-bond donors (Lipinski definition) is 2. The fraction of sp³-hybridized carbons (Fsp3) is 0.357. The second-order valence-electron chi connectivity index (χ2n) is 11.0. The largest absolute Gasteiger partial charge is 0.324 e. The average molecular weight is 453 g/mol. The van der Waals surface area contributed by atoms with E-state index in [0.717, 1.165) is 54.5 Å². The Morgan fingerprint density at radius 3 is 1.65 bits per heavy atom. The Labute approximate surface area is 198 Å². The number of amides is 2. The van der Waals surface area contributed by atoms with Gasteiger partial charge in [0.25, 0.3) is 0 Å². The van der Waals surface area contributed by atoms with E-state index in [4.69, 9.17) is 0 Å². The molecule has 4 aromatic rings. The van der Waals surface area contributed by atoms with E-state index in [2.05, 4.69) is 10.6 Å². The third kappa shape index (κ3) is 3.01. The first kappa shape index (κ1) is 19.9. The van der Waals surface area contributed by atoms with E-state index < -0.39 is 10.8 Å². The van der Waals surface area contributed by atoms with E-state index in [0.29, 0.717) is 18.3 Å². The van der Waals surface area contributed by atoms with Crippen LogP contribution in [-0.4, -0.2) is 20.6 Å². The third-order valence-electron chi connectivity index (χ3n) is 8.55. The van der Waals surface area contributed by atoms with Crippen molar-refractivity contribution in [2.75, 3.05) is 10.6 Å². The molecule has 4 heterocycles. The van der Waals surface area contributed by atoms with Crippen LogP contribution in [0.2, 0.25) is 0 Å². The van der Waals surface area contributed by atoms with Crippen molar-refractivity contribution in [1.82, 2.24) is 8.80 Å². The van der Waals surface area contributed by atoms with Crippen molar-refractivity contribution in [2.24, 2.45) is 22.7 Å². The minimum atomic E-state index is -0.457. The predicted octanol–water partition coefficient (Wildman–Crippen LogP) is 5.36. The first-order chi connectivity index (χ1) is 16.5. The number of hydrogen-bond acceptors (Lipinski definition) is 2. The molecule has 0 aromatic carbocycles. The van der Waals surface area contributed by atoms with Crippen LogP contribution in [0.5, 0.6) is 0 Å². The lowest BCUT2D eigenvalue weighted by molar-refractivity contribution is -0.161. The van der Waals surface area contributed by atoms with Crippen LogP contribution in [0.15, 0.2) is 73.3 Å². The maximum atomic E-state index is 13.7. The van der Waals surface area contributed by atoms with Gasteiger partial charge in [-0.05, 0) is 86.8 Å². The van der Waals surface area contributed by atoms with Crippen LogP contribution in [-0.2, 0) is 9.59 Å². The zero-order valence-electron chi connectivity index (χ0n) is 19.0. The topological polar surface area (TPSA) is 67.0 Å². The monoisotopic (exact) mass is 452 g/mol. The molecule has 0 spiro atoms. The quantitative estimate of drug-likeness (QED) is 0.438. The van der Waals surface area contributed by atoms with E-state index in [1.165, 1.54) is 0 Å². The summed E-state index contributed by atoms with van der Waals surface area (Å²) in [6, 6.07) is 16.0. The molecule has 0 unspecified atom stereocenters. The maximum absolute atomic E-state index is 13.7. The van der Waals surface area contributed by atoms with Gasteiger partial charge in [-0.1, -0.05) is 12.1 Å². The Morgan fingerprint density at radius 1 is 0.735 bits per heavy atom. The van der Waals surface area contributed by atoms with Crippen molar-refractivity contribution in [3.63, 3.8) is 0 Å². The predicted molar refractivity (Wildman–Crippen MR) is 132 cm³/mol. The van der Waals surface area contributed by atoms with Crippen LogP contribution >= 0.6 is 0 Å². The number of aromatic nitrogens is 2. The number of rotatable bonds is 4. The molecule has 2 N–H and O–H groups in total. The van der Waals surface area contributed by atoms with Gasteiger partial charge < -0.3 is 19.4 Å². The Hall–Kier alpha value is -3.54. The number of anilines is 2. The molecular formula is C28H28N4O2. The lowest BCUT2D eigenvalue weighted by atomic mass is 9.43. The van der Waals surface area contributed by atoms with E-state index in [1.807, 2.05) is 82.1 Å². The van der Waals surface area contributed by atoms with Crippen LogP contribution in [0, 0.1) is 22.7 Å². The maximum Gasteiger partial charge on any atom is 0.230 e. The summed E-state index contributed by atoms with van der Waals surface area (Å²) in [5.74, 6) is 1.06. The second kappa shape index (κ2) is 6.98. The van der Waals surface area contributed by atoms with Crippen LogP contribution < -0.4 is 10.6 Å². The summed E-state index contributed by atoms with van der Waals surface area (Å²) in [7, 11) is 0. The van der Waals surface area contributed by atoms with Crippen molar-refractivity contribution >= 4 is 34.2 Å². The molecule has 6 heteroatoms. The number of nitrogens with zero attached hydrogens (tertiary/aromatic N) is 2. The molecule has 6 nitrogen and oxygen atoms in total. The van der Waals surface area contributed by atoms with Crippen LogP contribution in [0.1, 0.15) is 38.5 Å². The molecule has 34 heavy (non-hydrogen) atoms. The summed E-state index contributed by atoms with van der Waals surface area (Å²) in [5, 5.41) is 6.43. The molecule has 4 aliphatic carbocycles. The number of carbonyl (C=O) groups excluding carboxylic acids is 2. The van der Waals surface area contributed by atoms with Crippen molar-refractivity contribution < 1.29 is 9.59 Å². The zero-order chi connectivity index (χ0) is 22.9. The van der Waals surface area contributed by atoms with E-state index in [9.17, 15) is 9.59 Å². The smallest absolute Gasteiger partial charge is 0.230 e. The molecule has 0 saturated heterocycles. The Bertz CT molecular complexity index is 1260. The first-order valence-electron chi connectivity index (χ1n) is 12.3. The molecular weight excluding hydrogens is 424 g/mol. The van der Waals surface area contributed by atoms with Gasteiger partial charge in [0.15, 0.2) is 0 Å². The fourth-order valence-corrected chi connectivity index (χ4v) is 7.57. The number of fused-ring (bicyclic) bond motifs is 2. The van der Waals surface area contributed by atoms with Crippen LogP contribution in [0.4, 0.5) is 11.4 Å². The van der Waals surface area contributed by atoms with E-state index in [1.54, 1.807) is 0 Å². The molecule has 2 amide bonds. The van der Waals surface area contributed by atoms with Crippen molar-refractivity contribution in [3.05, 3.63) is 73.3 Å². The Kier molecular flexibility index (Phi) is 4.08. The van der Waals surface area contributed by atoms with Gasteiger partial charge in [-0.25, -0.2) is 0 Å². The van der Waals surface area contributed by atoms with Crippen LogP contribution in [0.25, 0.3) is 11.0 Å². The highest BCUT2D eigenvalue weighted by molar-refractivity contribution is 6.00. The first-order valence-corrected chi connectivity index (χ1v) is 12.3. The second-order valence-corrected chi connectivity index (χ2v) is 11.0. The summed E-state index contributed by atoms with van der Waals surface area (Å²) in [6.45, 7) is 0. The zero-order valence-corrected chi connectivity index (χ0v) is 19.0. The number of nitrogens with one attached hydrogen (secondary N) is 2. The molecule has 4 bridgehead atoms. The highest BCUT2D eigenvalue weighted by Gasteiger charge is 2.63. The van der Waals surface area contributed by atoms with Gasteiger partial charge >= 0.3 is 0 Å². The lowest BCUT2D eigenvalue weighted by Gasteiger charge is -2.60. The molecule has 8 rings (SSSR count). The van der Waals surface area contributed by atoms with Gasteiger partial charge in [-0.2, -0.15) is 0 Å². The summed E-state index contributed by atoms with van der Waals surface area (Å²) in [5.41, 5.74) is 2.84. The molecule has 4 fully saturated rings. The molecule has 4 aromatic heterocycles. The Balaban J connectivity index is 1.16. The standard InChI is InChI=1S/C28H28N4O2/c33-25(29-21-10-23-5-1-3-7-31(23)16-21)27-12-19-9-20(13-27)15-28(14-19,18-27)26(34)30-22-11-24-6-2-4-8-32(24)17-22/h1-8,10-11,16-17,19-20H,9,12-15,18H2,(H,29,33)(H,30,34). The molecule has 4 aliphatic rings. The summed E-state index contributed by atoms with van der Waals surface area (Å²) >= 11 is 0. The molecule has 0 aliphatic heterocycles. The number of pyridine rings is 2. The van der Waals surface area contributed by atoms with Gasteiger partial charge in [0, 0.05) is 35.8 Å². The van der Waals surface area contributed by atoms with Crippen LogP contribution in [0.3, 0.4) is 0 Å². The summed E-state index contributed by atoms with van der Waals surface area (Å²) in [4.78, 5) is 27.5. The summed E-state index contributed by atoms with van der Waals surface area (Å²) < 4.78 is 4.04. The van der Waals surface area contributed by atoms with Gasteiger partial charge in [-0.15, -0.1) is 0 Å². The minimum absolute atomic E-state index is 0.0873. The van der Waals surface area contributed by atoms with E-state index in [-0.39, 0.29) is 11.8 Å². The third-order valence-corrected chi connectivity index (χ3v) is 8.55. The minimum Gasteiger partial charge on any atom is -0.324 e. The summed E-state index contributed by atoms with van der Waals surface area (Å²) in [6.07, 6.45) is 13.3. The van der Waals surface area contributed by atoms with Crippen molar-refractivity contribution in [2.45, 2.75) is 38.5 Å². The van der Waals surface area contributed by atoms with Gasteiger partial charge in [-0.3, -0.25) is 9.59 Å². The van der Waals surface area contributed by atoms with E-state index >= 15 is 0 Å². The number of carbonyl (C=O) groups is 2.